The molecule has 0 spiro atoms. The molecule has 0 aliphatic carbocycles. The predicted molar refractivity (Wildman–Crippen MR) is 70.7 cm³/mol. The van der Waals surface area contributed by atoms with Crippen LogP contribution in [0.25, 0.3) is 0 Å². The van der Waals surface area contributed by atoms with Crippen molar-refractivity contribution in [2.45, 2.75) is 27.2 Å². The summed E-state index contributed by atoms with van der Waals surface area (Å²) in [6.07, 6.45) is 1.34. The van der Waals surface area contributed by atoms with Crippen LogP contribution in [0, 0.1) is 18.8 Å². The van der Waals surface area contributed by atoms with E-state index in [1.54, 1.807) is 0 Å². The summed E-state index contributed by atoms with van der Waals surface area (Å²) in [5, 5.41) is 0. The highest BCUT2D eigenvalue weighted by Gasteiger charge is 2.22. The molecule has 0 amide bonds. The minimum absolute atomic E-state index is 0.767. The molecule has 16 heavy (non-hydrogen) atoms. The number of anilines is 2. The Morgan fingerprint density at radius 1 is 1.19 bits per heavy atom. The quantitative estimate of drug-likeness (QED) is 0.734. The van der Waals surface area contributed by atoms with Gasteiger partial charge in [-0.2, -0.15) is 0 Å². The normalized spacial score (nSPS) is 25.8. The van der Waals surface area contributed by atoms with Crippen LogP contribution < -0.4 is 10.6 Å². The van der Waals surface area contributed by atoms with E-state index in [1.165, 1.54) is 17.7 Å². The van der Waals surface area contributed by atoms with Crippen molar-refractivity contribution in [2.75, 3.05) is 23.7 Å². The average molecular weight is 218 g/mol. The molecule has 2 rings (SSSR count). The van der Waals surface area contributed by atoms with Gasteiger partial charge in [0.1, 0.15) is 0 Å². The molecule has 1 fully saturated rings. The predicted octanol–water partition coefficient (Wildman–Crippen LogP) is 3.06. The zero-order chi connectivity index (χ0) is 11.7. The standard InChI is InChI=1S/C14H22N2/c1-10-4-5-13(15)14(7-10)16-8-11(2)6-12(3)9-16/h4-5,7,11-12H,6,8-9,15H2,1-3H3/t11-,12+. The van der Waals surface area contributed by atoms with Crippen molar-refractivity contribution in [1.29, 1.82) is 0 Å². The van der Waals surface area contributed by atoms with Gasteiger partial charge in [0.25, 0.3) is 0 Å². The summed E-state index contributed by atoms with van der Waals surface area (Å²) >= 11 is 0. The smallest absolute Gasteiger partial charge is 0.0602 e. The van der Waals surface area contributed by atoms with Gasteiger partial charge in [0.15, 0.2) is 0 Å². The monoisotopic (exact) mass is 218 g/mol. The van der Waals surface area contributed by atoms with Gasteiger partial charge in [0.05, 0.1) is 11.4 Å². The van der Waals surface area contributed by atoms with E-state index in [9.17, 15) is 0 Å². The molecule has 0 aromatic heterocycles. The highest BCUT2D eigenvalue weighted by Crippen LogP contribution is 2.30. The van der Waals surface area contributed by atoms with Gasteiger partial charge in [-0.1, -0.05) is 19.9 Å². The van der Waals surface area contributed by atoms with Crippen LogP contribution in [0.5, 0.6) is 0 Å². The van der Waals surface area contributed by atoms with Crippen LogP contribution in [0.15, 0.2) is 18.2 Å². The number of hydrogen-bond acceptors (Lipinski definition) is 2. The molecule has 2 heteroatoms. The van der Waals surface area contributed by atoms with Gasteiger partial charge in [0, 0.05) is 13.1 Å². The van der Waals surface area contributed by atoms with E-state index in [0.29, 0.717) is 0 Å². The Bertz CT molecular complexity index is 363. The van der Waals surface area contributed by atoms with Gasteiger partial charge in [-0.15, -0.1) is 0 Å². The highest BCUT2D eigenvalue weighted by molar-refractivity contribution is 5.68. The average Bonchev–Trinajstić information content (AvgIpc) is 2.20. The lowest BCUT2D eigenvalue weighted by Crippen LogP contribution is -2.39. The molecule has 1 aromatic carbocycles. The first-order valence-corrected chi connectivity index (χ1v) is 6.17. The Kier molecular flexibility index (Phi) is 3.08. The Morgan fingerprint density at radius 3 is 2.44 bits per heavy atom. The fourth-order valence-corrected chi connectivity index (χ4v) is 2.79. The van der Waals surface area contributed by atoms with Gasteiger partial charge < -0.3 is 10.6 Å². The number of rotatable bonds is 1. The molecule has 1 saturated heterocycles. The van der Waals surface area contributed by atoms with Gasteiger partial charge in [0.2, 0.25) is 0 Å². The topological polar surface area (TPSA) is 29.3 Å². The van der Waals surface area contributed by atoms with E-state index < -0.39 is 0 Å². The fourth-order valence-electron chi connectivity index (χ4n) is 2.79. The third-order valence-electron chi connectivity index (χ3n) is 3.40. The van der Waals surface area contributed by atoms with Crippen LogP contribution in [0.1, 0.15) is 25.8 Å². The number of piperidine rings is 1. The van der Waals surface area contributed by atoms with Crippen molar-refractivity contribution in [3.8, 4) is 0 Å². The molecule has 0 bridgehead atoms. The van der Waals surface area contributed by atoms with Crippen molar-refractivity contribution >= 4 is 11.4 Å². The van der Waals surface area contributed by atoms with E-state index in [1.807, 2.05) is 6.07 Å². The molecule has 0 unspecified atom stereocenters. The largest absolute Gasteiger partial charge is 0.397 e. The molecule has 2 N–H and O–H groups in total. The molecule has 2 atom stereocenters. The van der Waals surface area contributed by atoms with Crippen LogP contribution in [-0.4, -0.2) is 13.1 Å². The molecule has 0 radical (unpaired) electrons. The summed E-state index contributed by atoms with van der Waals surface area (Å²) in [5.41, 5.74) is 9.49. The molecule has 1 heterocycles. The van der Waals surface area contributed by atoms with Crippen LogP contribution in [0.3, 0.4) is 0 Å². The third kappa shape index (κ3) is 2.31. The van der Waals surface area contributed by atoms with Crippen molar-refractivity contribution in [3.05, 3.63) is 23.8 Å². The van der Waals surface area contributed by atoms with E-state index in [-0.39, 0.29) is 0 Å². The second kappa shape index (κ2) is 4.36. The van der Waals surface area contributed by atoms with Crippen molar-refractivity contribution in [1.82, 2.24) is 0 Å². The van der Waals surface area contributed by atoms with Crippen LogP contribution in [0.4, 0.5) is 11.4 Å². The number of benzene rings is 1. The molecule has 0 saturated carbocycles. The molecule has 1 aliphatic rings. The number of aryl methyl sites for hydroxylation is 1. The van der Waals surface area contributed by atoms with Crippen LogP contribution in [-0.2, 0) is 0 Å². The van der Waals surface area contributed by atoms with E-state index in [0.717, 1.165) is 30.6 Å². The molecule has 88 valence electrons. The number of nitrogens with zero attached hydrogens (tertiary/aromatic N) is 1. The lowest BCUT2D eigenvalue weighted by molar-refractivity contribution is 0.357. The maximum Gasteiger partial charge on any atom is 0.0602 e. The summed E-state index contributed by atoms with van der Waals surface area (Å²) in [7, 11) is 0. The Morgan fingerprint density at radius 2 is 1.81 bits per heavy atom. The molecular weight excluding hydrogens is 196 g/mol. The second-order valence-electron chi connectivity index (χ2n) is 5.41. The summed E-state index contributed by atoms with van der Waals surface area (Å²) in [5.74, 6) is 1.53. The van der Waals surface area contributed by atoms with E-state index in [4.69, 9.17) is 5.73 Å². The summed E-state index contributed by atoms with van der Waals surface area (Å²) in [4.78, 5) is 2.45. The van der Waals surface area contributed by atoms with Crippen molar-refractivity contribution < 1.29 is 0 Å². The number of nitrogens with two attached hydrogens (primary N) is 1. The first-order valence-electron chi connectivity index (χ1n) is 6.17. The van der Waals surface area contributed by atoms with Crippen LogP contribution >= 0.6 is 0 Å². The van der Waals surface area contributed by atoms with Gasteiger partial charge in [-0.25, -0.2) is 0 Å². The number of nitrogen functional groups attached to an aromatic ring is 1. The number of hydrogen-bond donors (Lipinski definition) is 1. The Balaban J connectivity index is 2.25. The first-order chi connectivity index (χ1) is 7.56. The van der Waals surface area contributed by atoms with Gasteiger partial charge >= 0.3 is 0 Å². The van der Waals surface area contributed by atoms with E-state index in [2.05, 4.69) is 37.8 Å². The maximum absolute atomic E-state index is 6.07. The third-order valence-corrected chi connectivity index (χ3v) is 3.40. The zero-order valence-electron chi connectivity index (χ0n) is 10.5. The SMILES string of the molecule is Cc1ccc(N)c(N2C[C@H](C)C[C@H](C)C2)c1. The van der Waals surface area contributed by atoms with Gasteiger partial charge in [-0.05, 0) is 42.9 Å². The maximum atomic E-state index is 6.07. The summed E-state index contributed by atoms with van der Waals surface area (Å²) in [6.45, 7) is 9.05. The van der Waals surface area contributed by atoms with Gasteiger partial charge in [-0.3, -0.25) is 0 Å². The van der Waals surface area contributed by atoms with E-state index >= 15 is 0 Å². The Labute approximate surface area is 98.4 Å². The highest BCUT2D eigenvalue weighted by atomic mass is 15.1. The molecular formula is C14H22N2. The first kappa shape index (κ1) is 11.3. The van der Waals surface area contributed by atoms with Crippen LogP contribution in [0.2, 0.25) is 0 Å². The molecule has 1 aliphatic heterocycles. The fraction of sp³-hybridized carbons (Fsp3) is 0.571. The minimum atomic E-state index is 0.767. The second-order valence-corrected chi connectivity index (χ2v) is 5.41. The molecule has 1 aromatic rings. The lowest BCUT2D eigenvalue weighted by atomic mass is 9.91. The minimum Gasteiger partial charge on any atom is -0.397 e. The zero-order valence-corrected chi connectivity index (χ0v) is 10.5. The summed E-state index contributed by atoms with van der Waals surface area (Å²) < 4.78 is 0. The van der Waals surface area contributed by atoms with Crippen molar-refractivity contribution in [2.24, 2.45) is 11.8 Å². The Hall–Kier alpha value is -1.18. The lowest BCUT2D eigenvalue weighted by Gasteiger charge is -2.37. The summed E-state index contributed by atoms with van der Waals surface area (Å²) in [6, 6.07) is 6.31. The molecule has 2 nitrogen and oxygen atoms in total. The van der Waals surface area contributed by atoms with Crippen molar-refractivity contribution in [3.63, 3.8) is 0 Å².